The third-order valence-electron chi connectivity index (χ3n) is 4.83. The van der Waals surface area contributed by atoms with E-state index in [1.54, 1.807) is 24.3 Å². The minimum absolute atomic E-state index is 0.0104. The maximum atomic E-state index is 12.9. The molecule has 0 aromatic heterocycles. The van der Waals surface area contributed by atoms with E-state index in [0.29, 0.717) is 24.1 Å². The summed E-state index contributed by atoms with van der Waals surface area (Å²) in [5.74, 6) is -0.501. The number of nitrogens with one attached hydrogen (secondary N) is 3. The minimum atomic E-state index is -4.48. The fraction of sp³-hybridized carbons (Fsp3) is 0.130. The van der Waals surface area contributed by atoms with Crippen LogP contribution >= 0.6 is 11.9 Å². The quantitative estimate of drug-likeness (QED) is 0.414. The highest BCUT2D eigenvalue weighted by Gasteiger charge is 2.30. The first-order valence-electron chi connectivity index (χ1n) is 9.72. The number of alkyl halides is 3. The molecule has 0 radical (unpaired) electrons. The van der Waals surface area contributed by atoms with Crippen molar-refractivity contribution in [2.75, 3.05) is 15.4 Å². The van der Waals surface area contributed by atoms with Gasteiger partial charge in [-0.05, 0) is 78.5 Å². The SMILES string of the molecule is O=C1CCc2cc(SNc3cccc(C(=O)Nc4cccc(C(F)(F)F)c4)c3)ccc2N1. The third-order valence-corrected chi connectivity index (χ3v) is 5.66. The van der Waals surface area contributed by atoms with Crippen molar-refractivity contribution >= 4 is 40.8 Å². The van der Waals surface area contributed by atoms with Gasteiger partial charge in [0.15, 0.2) is 0 Å². The van der Waals surface area contributed by atoms with Crippen LogP contribution in [-0.2, 0) is 17.4 Å². The van der Waals surface area contributed by atoms with Gasteiger partial charge in [-0.25, -0.2) is 0 Å². The van der Waals surface area contributed by atoms with E-state index in [1.165, 1.54) is 24.1 Å². The van der Waals surface area contributed by atoms with Gasteiger partial charge in [-0.1, -0.05) is 12.1 Å². The van der Waals surface area contributed by atoms with E-state index >= 15 is 0 Å². The summed E-state index contributed by atoms with van der Waals surface area (Å²) in [6.07, 6.45) is -3.34. The van der Waals surface area contributed by atoms with Crippen molar-refractivity contribution < 1.29 is 22.8 Å². The van der Waals surface area contributed by atoms with Crippen molar-refractivity contribution in [3.05, 3.63) is 83.4 Å². The molecule has 3 N–H and O–H groups in total. The lowest BCUT2D eigenvalue weighted by molar-refractivity contribution is -0.137. The molecular formula is C23H18F3N3O2S. The maximum Gasteiger partial charge on any atom is 0.416 e. The Kier molecular flexibility index (Phi) is 6.09. The van der Waals surface area contributed by atoms with Crippen LogP contribution in [0.15, 0.2) is 71.6 Å². The molecule has 32 heavy (non-hydrogen) atoms. The summed E-state index contributed by atoms with van der Waals surface area (Å²) >= 11 is 1.36. The largest absolute Gasteiger partial charge is 0.416 e. The van der Waals surface area contributed by atoms with Gasteiger partial charge in [-0.15, -0.1) is 0 Å². The van der Waals surface area contributed by atoms with Crippen molar-refractivity contribution in [2.24, 2.45) is 0 Å². The van der Waals surface area contributed by atoms with E-state index in [4.69, 9.17) is 0 Å². The summed E-state index contributed by atoms with van der Waals surface area (Å²) in [7, 11) is 0. The van der Waals surface area contributed by atoms with Crippen LogP contribution < -0.4 is 15.4 Å². The molecular weight excluding hydrogens is 439 g/mol. The Morgan fingerprint density at radius 1 is 0.938 bits per heavy atom. The Labute approximate surface area is 186 Å². The van der Waals surface area contributed by atoms with Gasteiger partial charge in [0.2, 0.25) is 5.91 Å². The molecule has 0 saturated carbocycles. The number of aryl methyl sites for hydroxylation is 1. The van der Waals surface area contributed by atoms with Gasteiger partial charge in [0.05, 0.1) is 5.56 Å². The molecule has 0 bridgehead atoms. The Morgan fingerprint density at radius 3 is 2.53 bits per heavy atom. The third kappa shape index (κ3) is 5.23. The maximum absolute atomic E-state index is 12.9. The van der Waals surface area contributed by atoms with Gasteiger partial charge in [0.25, 0.3) is 5.91 Å². The molecule has 0 saturated heterocycles. The van der Waals surface area contributed by atoms with Crippen LogP contribution in [0.4, 0.5) is 30.2 Å². The summed E-state index contributed by atoms with van der Waals surface area (Å²) in [6, 6.07) is 16.9. The van der Waals surface area contributed by atoms with Crippen LogP contribution in [0.2, 0.25) is 0 Å². The van der Waals surface area contributed by atoms with Crippen LogP contribution in [0.5, 0.6) is 0 Å². The van der Waals surface area contributed by atoms with Gasteiger partial charge in [0.1, 0.15) is 0 Å². The number of amides is 2. The highest BCUT2D eigenvalue weighted by molar-refractivity contribution is 8.00. The van der Waals surface area contributed by atoms with Crippen LogP contribution in [0.25, 0.3) is 0 Å². The zero-order valence-corrected chi connectivity index (χ0v) is 17.4. The summed E-state index contributed by atoms with van der Waals surface area (Å²) < 4.78 is 41.8. The van der Waals surface area contributed by atoms with Crippen molar-refractivity contribution in [2.45, 2.75) is 23.9 Å². The molecule has 0 fully saturated rings. The number of hydrogen-bond donors (Lipinski definition) is 3. The number of carbonyl (C=O) groups excluding carboxylic acids is 2. The highest BCUT2D eigenvalue weighted by Crippen LogP contribution is 2.31. The van der Waals surface area contributed by atoms with Crippen molar-refractivity contribution in [3.63, 3.8) is 0 Å². The lowest BCUT2D eigenvalue weighted by Crippen LogP contribution is -2.18. The molecule has 0 spiro atoms. The minimum Gasteiger partial charge on any atom is -0.326 e. The van der Waals surface area contributed by atoms with E-state index in [2.05, 4.69) is 15.4 Å². The van der Waals surface area contributed by atoms with Crippen molar-refractivity contribution in [3.8, 4) is 0 Å². The van der Waals surface area contributed by atoms with Gasteiger partial charge < -0.3 is 15.4 Å². The summed E-state index contributed by atoms with van der Waals surface area (Å²) in [4.78, 5) is 24.9. The first kappa shape index (κ1) is 21.8. The normalized spacial score (nSPS) is 13.2. The Morgan fingerprint density at radius 2 is 1.72 bits per heavy atom. The molecule has 1 aliphatic heterocycles. The monoisotopic (exact) mass is 457 g/mol. The number of rotatable bonds is 5. The fourth-order valence-electron chi connectivity index (χ4n) is 3.24. The number of hydrogen-bond acceptors (Lipinski definition) is 4. The summed E-state index contributed by atoms with van der Waals surface area (Å²) in [6.45, 7) is 0. The van der Waals surface area contributed by atoms with Gasteiger partial charge in [-0.2, -0.15) is 13.2 Å². The van der Waals surface area contributed by atoms with Gasteiger partial charge in [-0.3, -0.25) is 9.59 Å². The van der Waals surface area contributed by atoms with Crippen molar-refractivity contribution in [1.82, 2.24) is 0 Å². The summed E-state index contributed by atoms with van der Waals surface area (Å²) in [5, 5.41) is 5.34. The summed E-state index contributed by atoms with van der Waals surface area (Å²) in [5.41, 5.74) is 2.09. The topological polar surface area (TPSA) is 70.2 Å². The number of halogens is 3. The first-order valence-corrected chi connectivity index (χ1v) is 10.5. The molecule has 5 nitrogen and oxygen atoms in total. The number of anilines is 3. The fourth-order valence-corrected chi connectivity index (χ4v) is 3.94. The molecule has 0 unspecified atom stereocenters. The molecule has 2 amide bonds. The van der Waals surface area contributed by atoms with Gasteiger partial charge in [0, 0.05) is 33.9 Å². The Bertz CT molecular complexity index is 1180. The van der Waals surface area contributed by atoms with E-state index in [9.17, 15) is 22.8 Å². The van der Waals surface area contributed by atoms with E-state index in [1.807, 2.05) is 18.2 Å². The number of fused-ring (bicyclic) bond motifs is 1. The molecule has 1 aliphatic rings. The van der Waals surface area contributed by atoms with Crippen LogP contribution in [0.1, 0.15) is 27.9 Å². The first-order chi connectivity index (χ1) is 15.3. The second-order valence-electron chi connectivity index (χ2n) is 7.18. The molecule has 3 aromatic rings. The molecule has 0 atom stereocenters. The van der Waals surface area contributed by atoms with Gasteiger partial charge >= 0.3 is 6.18 Å². The molecule has 9 heteroatoms. The van der Waals surface area contributed by atoms with Crippen LogP contribution in [-0.4, -0.2) is 11.8 Å². The number of carbonyl (C=O) groups is 2. The zero-order valence-electron chi connectivity index (χ0n) is 16.6. The molecule has 3 aromatic carbocycles. The van der Waals surface area contributed by atoms with E-state index < -0.39 is 17.6 Å². The smallest absolute Gasteiger partial charge is 0.326 e. The molecule has 0 aliphatic carbocycles. The average Bonchev–Trinajstić information content (AvgIpc) is 2.77. The molecule has 164 valence electrons. The molecule has 1 heterocycles. The van der Waals surface area contributed by atoms with Crippen LogP contribution in [0, 0.1) is 0 Å². The zero-order chi connectivity index (χ0) is 22.7. The Balaban J connectivity index is 1.41. The standard InChI is InChI=1S/C23H18F3N3O2S/c24-23(25,26)16-4-2-5-17(13-16)27-22(31)15-3-1-6-18(11-15)29-32-19-8-9-20-14(12-19)7-10-21(30)28-20/h1-6,8-9,11-13,29H,7,10H2,(H,27,31)(H,28,30). The Hall–Kier alpha value is -3.46. The second kappa shape index (κ2) is 8.96. The lowest BCUT2D eigenvalue weighted by Gasteiger charge is -2.17. The second-order valence-corrected chi connectivity index (χ2v) is 8.06. The predicted molar refractivity (Wildman–Crippen MR) is 119 cm³/mol. The predicted octanol–water partition coefficient (Wildman–Crippen LogP) is 5.96. The lowest BCUT2D eigenvalue weighted by atomic mass is 10.0. The van der Waals surface area contributed by atoms with Crippen LogP contribution in [0.3, 0.4) is 0 Å². The molecule has 4 rings (SSSR count). The highest BCUT2D eigenvalue weighted by atomic mass is 32.2. The average molecular weight is 457 g/mol. The van der Waals surface area contributed by atoms with Crippen molar-refractivity contribution in [1.29, 1.82) is 0 Å². The van der Waals surface area contributed by atoms with E-state index in [-0.39, 0.29) is 11.6 Å². The van der Waals surface area contributed by atoms with E-state index in [0.717, 1.165) is 28.3 Å². The number of benzene rings is 3.